The van der Waals surface area contributed by atoms with Crippen molar-refractivity contribution in [3.63, 3.8) is 0 Å². The van der Waals surface area contributed by atoms with Crippen LogP contribution in [0.25, 0.3) is 0 Å². The van der Waals surface area contributed by atoms with Crippen molar-refractivity contribution in [1.29, 1.82) is 0 Å². The second kappa shape index (κ2) is 8.62. The molecule has 0 aromatic carbocycles. The largest absolute Gasteiger partial charge is 0.414 e. The lowest BCUT2D eigenvalue weighted by atomic mass is 10.1. The summed E-state index contributed by atoms with van der Waals surface area (Å²) >= 11 is 0. The van der Waals surface area contributed by atoms with E-state index in [1.54, 1.807) is 6.08 Å². The third-order valence-electron chi connectivity index (χ3n) is 2.48. The summed E-state index contributed by atoms with van der Waals surface area (Å²) in [6.07, 6.45) is 0.967. The molecule has 0 bridgehead atoms. The fraction of sp³-hybridized carbons (Fsp3) is 0.833. The molecule has 95 valence electrons. The van der Waals surface area contributed by atoms with E-state index in [4.69, 9.17) is 11.7 Å². The van der Waals surface area contributed by atoms with Crippen LogP contribution in [0.15, 0.2) is 6.08 Å². The Kier molecular flexibility index (Phi) is 8.35. The topological polar surface area (TPSA) is 20.2 Å². The molecule has 0 aliphatic carbocycles. The number of rotatable bonds is 9. The van der Waals surface area contributed by atoms with Crippen molar-refractivity contribution >= 4 is 0 Å². The van der Waals surface area contributed by atoms with Gasteiger partial charge in [-0.25, -0.2) is 0 Å². The maximum absolute atomic E-state index is 11.9. The Morgan fingerprint density at radius 3 is 2.00 bits per heavy atom. The van der Waals surface area contributed by atoms with Crippen LogP contribution < -0.4 is 0 Å². The van der Waals surface area contributed by atoms with Crippen molar-refractivity contribution in [1.82, 2.24) is 0 Å². The number of allylic oxidation sites excluding steroid dienone is 1. The summed E-state index contributed by atoms with van der Waals surface area (Å²) in [7, 11) is 0. The third-order valence-corrected chi connectivity index (χ3v) is 2.48. The van der Waals surface area contributed by atoms with Crippen molar-refractivity contribution in [2.45, 2.75) is 63.6 Å². The van der Waals surface area contributed by atoms with Gasteiger partial charge in [0.05, 0.1) is 0 Å². The lowest BCUT2D eigenvalue weighted by molar-refractivity contribution is -0.205. The standard InChI is InChI=1S/C12H20F3O/c1-2-3-4-5-6-7-8-9-10-11(16)12(13,14)15/h1-2,11,16H,3-10H2. The Balaban J connectivity index is 3.24. The van der Waals surface area contributed by atoms with E-state index in [2.05, 4.69) is 0 Å². The van der Waals surface area contributed by atoms with E-state index >= 15 is 0 Å². The zero-order valence-corrected chi connectivity index (χ0v) is 9.47. The molecule has 0 spiro atoms. The smallest absolute Gasteiger partial charge is 0.384 e. The van der Waals surface area contributed by atoms with Gasteiger partial charge in [0.15, 0.2) is 0 Å². The summed E-state index contributed by atoms with van der Waals surface area (Å²) in [6.45, 7) is 5.21. The molecule has 0 fully saturated rings. The Morgan fingerprint density at radius 2 is 1.50 bits per heavy atom. The van der Waals surface area contributed by atoms with Crippen LogP contribution >= 0.6 is 0 Å². The van der Waals surface area contributed by atoms with Gasteiger partial charge in [0.2, 0.25) is 0 Å². The van der Waals surface area contributed by atoms with E-state index in [0.717, 1.165) is 38.5 Å². The van der Waals surface area contributed by atoms with Gasteiger partial charge >= 0.3 is 6.18 Å². The molecule has 1 nitrogen and oxygen atoms in total. The summed E-state index contributed by atoms with van der Waals surface area (Å²) in [6, 6.07) is 0. The predicted molar refractivity (Wildman–Crippen MR) is 57.9 cm³/mol. The molecule has 1 atom stereocenters. The zero-order valence-electron chi connectivity index (χ0n) is 9.47. The molecular weight excluding hydrogens is 217 g/mol. The summed E-state index contributed by atoms with van der Waals surface area (Å²) in [4.78, 5) is 0. The normalized spacial score (nSPS) is 13.8. The van der Waals surface area contributed by atoms with Crippen LogP contribution in [0.1, 0.15) is 51.4 Å². The monoisotopic (exact) mass is 237 g/mol. The van der Waals surface area contributed by atoms with Gasteiger partial charge in [-0.2, -0.15) is 13.2 Å². The van der Waals surface area contributed by atoms with Gasteiger partial charge in [0.1, 0.15) is 6.10 Å². The van der Waals surface area contributed by atoms with E-state index in [-0.39, 0.29) is 6.42 Å². The van der Waals surface area contributed by atoms with Crippen molar-refractivity contribution in [3.05, 3.63) is 12.7 Å². The van der Waals surface area contributed by atoms with Crippen molar-refractivity contribution < 1.29 is 18.3 Å². The minimum absolute atomic E-state index is 0.180. The molecule has 0 saturated heterocycles. The van der Waals surface area contributed by atoms with Gasteiger partial charge < -0.3 is 5.11 Å². The van der Waals surface area contributed by atoms with Gasteiger partial charge in [-0.05, 0) is 19.3 Å². The van der Waals surface area contributed by atoms with Crippen molar-refractivity contribution in [2.24, 2.45) is 0 Å². The minimum Gasteiger partial charge on any atom is -0.384 e. The Labute approximate surface area is 95.4 Å². The second-order valence-electron chi connectivity index (χ2n) is 3.99. The Bertz CT molecular complexity index is 178. The van der Waals surface area contributed by atoms with Crippen LogP contribution in [0, 0.1) is 6.58 Å². The molecule has 1 radical (unpaired) electrons. The fourth-order valence-electron chi connectivity index (χ4n) is 1.47. The second-order valence-corrected chi connectivity index (χ2v) is 3.99. The van der Waals surface area contributed by atoms with E-state index in [9.17, 15) is 13.2 Å². The molecule has 4 heteroatoms. The zero-order chi connectivity index (χ0) is 12.4. The number of hydrogen-bond acceptors (Lipinski definition) is 1. The van der Waals surface area contributed by atoms with Gasteiger partial charge in [0.25, 0.3) is 0 Å². The average molecular weight is 237 g/mol. The highest BCUT2D eigenvalue weighted by Crippen LogP contribution is 2.24. The lowest BCUT2D eigenvalue weighted by Crippen LogP contribution is -2.28. The number of alkyl halides is 3. The van der Waals surface area contributed by atoms with Crippen LogP contribution in [0.5, 0.6) is 0 Å². The van der Waals surface area contributed by atoms with Crippen LogP contribution in [0.2, 0.25) is 0 Å². The van der Waals surface area contributed by atoms with Gasteiger partial charge in [0, 0.05) is 0 Å². The molecule has 0 aliphatic heterocycles. The summed E-state index contributed by atoms with van der Waals surface area (Å²) < 4.78 is 35.7. The van der Waals surface area contributed by atoms with Crippen molar-refractivity contribution in [3.8, 4) is 0 Å². The first-order valence-electron chi connectivity index (χ1n) is 5.76. The average Bonchev–Trinajstić information content (AvgIpc) is 2.20. The molecule has 0 heterocycles. The SMILES string of the molecule is [CH]=CCCCCCCCCC(O)C(F)(F)F. The number of aliphatic hydroxyl groups excluding tert-OH is 1. The molecule has 1 N–H and O–H groups in total. The summed E-state index contributed by atoms with van der Waals surface area (Å²) in [5.74, 6) is 0. The van der Waals surface area contributed by atoms with E-state index in [1.165, 1.54) is 0 Å². The highest BCUT2D eigenvalue weighted by molar-refractivity contribution is 4.65. The van der Waals surface area contributed by atoms with Gasteiger partial charge in [-0.15, -0.1) is 0 Å². The minimum atomic E-state index is -4.46. The first-order chi connectivity index (χ1) is 7.48. The van der Waals surface area contributed by atoms with Crippen LogP contribution in [0.4, 0.5) is 13.2 Å². The van der Waals surface area contributed by atoms with E-state index in [1.807, 2.05) is 0 Å². The summed E-state index contributed by atoms with van der Waals surface area (Å²) in [5.41, 5.74) is 0. The molecule has 0 saturated carbocycles. The quantitative estimate of drug-likeness (QED) is 0.600. The number of unbranched alkanes of at least 4 members (excludes halogenated alkanes) is 6. The van der Waals surface area contributed by atoms with Crippen molar-refractivity contribution in [2.75, 3.05) is 0 Å². The first kappa shape index (κ1) is 15.5. The van der Waals surface area contributed by atoms with Gasteiger partial charge in [-0.1, -0.05) is 44.8 Å². The van der Waals surface area contributed by atoms with Crippen LogP contribution in [-0.2, 0) is 0 Å². The molecule has 16 heavy (non-hydrogen) atoms. The highest BCUT2D eigenvalue weighted by atomic mass is 19.4. The number of halogens is 3. The Morgan fingerprint density at radius 1 is 1.00 bits per heavy atom. The molecular formula is C12H20F3O. The van der Waals surface area contributed by atoms with Crippen LogP contribution in [0.3, 0.4) is 0 Å². The molecule has 0 amide bonds. The Hall–Kier alpha value is -0.510. The third kappa shape index (κ3) is 8.77. The first-order valence-corrected chi connectivity index (χ1v) is 5.76. The van der Waals surface area contributed by atoms with E-state index in [0.29, 0.717) is 6.42 Å². The highest BCUT2D eigenvalue weighted by Gasteiger charge is 2.37. The number of aliphatic hydroxyl groups is 1. The van der Waals surface area contributed by atoms with Gasteiger partial charge in [-0.3, -0.25) is 0 Å². The maximum atomic E-state index is 11.9. The fourth-order valence-corrected chi connectivity index (χ4v) is 1.47. The molecule has 0 aromatic rings. The molecule has 0 rings (SSSR count). The maximum Gasteiger partial charge on any atom is 0.414 e. The molecule has 0 aliphatic rings. The predicted octanol–water partition coefficient (Wildman–Crippen LogP) is 4.02. The summed E-state index contributed by atoms with van der Waals surface area (Å²) in [5, 5.41) is 8.72. The molecule has 0 aromatic heterocycles. The lowest BCUT2D eigenvalue weighted by Gasteiger charge is -2.13. The number of hydrogen-bond donors (Lipinski definition) is 1. The molecule has 1 unspecified atom stereocenters. The van der Waals surface area contributed by atoms with E-state index < -0.39 is 12.3 Å². The van der Waals surface area contributed by atoms with Crippen LogP contribution in [-0.4, -0.2) is 17.4 Å².